The number of amides is 1. The average Bonchev–Trinajstić information content (AvgIpc) is 2.25. The van der Waals surface area contributed by atoms with Crippen molar-refractivity contribution in [3.05, 3.63) is 36.6 Å². The van der Waals surface area contributed by atoms with Gasteiger partial charge < -0.3 is 4.90 Å². The van der Waals surface area contributed by atoms with E-state index in [0.29, 0.717) is 6.54 Å². The molecule has 90 valence electrons. The van der Waals surface area contributed by atoms with Crippen LogP contribution in [0.2, 0.25) is 0 Å². The van der Waals surface area contributed by atoms with E-state index in [1.807, 2.05) is 6.92 Å². The molecule has 0 heterocycles. The Labute approximate surface area is 99.3 Å². The molecule has 0 atom stereocenters. The first-order valence-electron chi connectivity index (χ1n) is 5.82. The molecule has 0 aliphatic carbocycles. The summed E-state index contributed by atoms with van der Waals surface area (Å²) in [5.41, 5.74) is 1.21. The van der Waals surface area contributed by atoms with E-state index < -0.39 is 0 Å². The van der Waals surface area contributed by atoms with Crippen LogP contribution in [0.3, 0.4) is 0 Å². The molecule has 0 unspecified atom stereocenters. The monoisotopic (exact) mass is 221 g/mol. The zero-order valence-electron chi connectivity index (χ0n) is 10.7. The number of rotatable bonds is 7. The van der Waals surface area contributed by atoms with Crippen LogP contribution in [0, 0.1) is 0 Å². The number of hydrogen-bond acceptors (Lipinski definition) is 1. The molecular weight excluding hydrogens is 198 g/mol. The fourth-order valence-electron chi connectivity index (χ4n) is 1.35. The van der Waals surface area contributed by atoms with Gasteiger partial charge in [-0.05, 0) is 32.4 Å². The van der Waals surface area contributed by atoms with Gasteiger partial charge in [-0.15, -0.1) is 0 Å². The van der Waals surface area contributed by atoms with Gasteiger partial charge in [-0.25, -0.2) is 0 Å². The molecule has 2 heteroatoms. The van der Waals surface area contributed by atoms with Crippen molar-refractivity contribution in [1.29, 1.82) is 0 Å². The number of unbranched alkanes of at least 4 members (excludes halogenated alkanes) is 1. The van der Waals surface area contributed by atoms with Crippen molar-refractivity contribution in [2.75, 3.05) is 6.54 Å². The number of carbonyl (C=O) groups excluding carboxylic acids is 1. The molecule has 0 aromatic rings. The zero-order chi connectivity index (χ0) is 12.4. The lowest BCUT2D eigenvalue weighted by Crippen LogP contribution is -2.24. The molecule has 1 amide bonds. The first kappa shape index (κ1) is 14.7. The molecule has 0 saturated carbocycles. The van der Waals surface area contributed by atoms with Gasteiger partial charge in [-0.2, -0.15) is 0 Å². The van der Waals surface area contributed by atoms with E-state index >= 15 is 0 Å². The van der Waals surface area contributed by atoms with E-state index in [-0.39, 0.29) is 5.91 Å². The smallest absolute Gasteiger partial charge is 0.223 e. The molecule has 0 aliphatic heterocycles. The summed E-state index contributed by atoms with van der Waals surface area (Å²) in [4.78, 5) is 12.8. The van der Waals surface area contributed by atoms with Crippen molar-refractivity contribution in [3.8, 4) is 0 Å². The molecule has 0 aromatic heterocycles. The minimum atomic E-state index is 0.0358. The molecule has 0 spiro atoms. The van der Waals surface area contributed by atoms with Crippen molar-refractivity contribution in [1.82, 2.24) is 4.90 Å². The molecule has 0 rings (SSSR count). The van der Waals surface area contributed by atoms with Gasteiger partial charge in [0.25, 0.3) is 0 Å². The van der Waals surface area contributed by atoms with E-state index in [9.17, 15) is 4.79 Å². The van der Waals surface area contributed by atoms with Gasteiger partial charge in [-0.3, -0.25) is 4.79 Å². The Hall–Kier alpha value is -1.31. The van der Waals surface area contributed by atoms with Crippen LogP contribution in [0.1, 0.15) is 40.0 Å². The van der Waals surface area contributed by atoms with Crippen LogP contribution in [0.25, 0.3) is 0 Å². The van der Waals surface area contributed by atoms with E-state index in [4.69, 9.17) is 0 Å². The van der Waals surface area contributed by atoms with E-state index in [2.05, 4.69) is 31.7 Å². The Morgan fingerprint density at radius 3 is 2.44 bits per heavy atom. The lowest BCUT2D eigenvalue weighted by Gasteiger charge is -2.15. The number of nitrogens with zero attached hydrogens (tertiary/aromatic N) is 1. The Morgan fingerprint density at radius 1 is 1.25 bits per heavy atom. The van der Waals surface area contributed by atoms with Gasteiger partial charge >= 0.3 is 0 Å². The summed E-state index contributed by atoms with van der Waals surface area (Å²) in [5.74, 6) is 0.0358. The summed E-state index contributed by atoms with van der Waals surface area (Å²) < 4.78 is 0. The molecule has 0 bridgehead atoms. The predicted molar refractivity (Wildman–Crippen MR) is 70.0 cm³/mol. The van der Waals surface area contributed by atoms with Crippen molar-refractivity contribution in [3.63, 3.8) is 0 Å². The second-order valence-corrected chi connectivity index (χ2v) is 3.84. The summed E-state index contributed by atoms with van der Waals surface area (Å²) in [7, 11) is 0. The fraction of sp³-hybridized carbons (Fsp3) is 0.500. The van der Waals surface area contributed by atoms with Crippen LogP contribution < -0.4 is 0 Å². The van der Waals surface area contributed by atoms with Gasteiger partial charge in [0.15, 0.2) is 0 Å². The predicted octanol–water partition coefficient (Wildman–Crippen LogP) is 3.67. The summed E-state index contributed by atoms with van der Waals surface area (Å²) in [6.07, 6.45) is 11.3. The highest BCUT2D eigenvalue weighted by atomic mass is 16.2. The molecule has 0 N–H and O–H groups in total. The Kier molecular flexibility index (Phi) is 8.22. The molecule has 0 fully saturated rings. The minimum Gasteiger partial charge on any atom is -0.316 e. The summed E-state index contributed by atoms with van der Waals surface area (Å²) in [6.45, 7) is 10.0. The first-order chi connectivity index (χ1) is 7.61. The highest BCUT2D eigenvalue weighted by Gasteiger charge is 2.03. The lowest BCUT2D eigenvalue weighted by atomic mass is 10.2. The summed E-state index contributed by atoms with van der Waals surface area (Å²) in [6, 6.07) is 0. The van der Waals surface area contributed by atoms with Gasteiger partial charge in [0.2, 0.25) is 5.91 Å². The molecule has 0 aromatic carbocycles. The Morgan fingerprint density at radius 2 is 1.94 bits per heavy atom. The van der Waals surface area contributed by atoms with Crippen LogP contribution >= 0.6 is 0 Å². The largest absolute Gasteiger partial charge is 0.316 e. The standard InChI is InChI=1S/C14H23NO/c1-5-7-8-9-10-11-13(3)12-15(6-2)14(4)16/h6-8,11H,2,5,9-10,12H2,1,3-4H3. The number of carbonyl (C=O) groups is 1. The lowest BCUT2D eigenvalue weighted by molar-refractivity contribution is -0.125. The van der Waals surface area contributed by atoms with Crippen LogP contribution in [0.4, 0.5) is 0 Å². The first-order valence-corrected chi connectivity index (χ1v) is 5.82. The normalized spacial score (nSPS) is 11.8. The van der Waals surface area contributed by atoms with Crippen LogP contribution in [0.5, 0.6) is 0 Å². The minimum absolute atomic E-state index is 0.0358. The molecule has 2 nitrogen and oxygen atoms in total. The fourth-order valence-corrected chi connectivity index (χ4v) is 1.35. The van der Waals surface area contributed by atoms with Crippen LogP contribution in [0.15, 0.2) is 36.6 Å². The maximum Gasteiger partial charge on any atom is 0.223 e. The van der Waals surface area contributed by atoms with Crippen molar-refractivity contribution < 1.29 is 4.79 Å². The highest BCUT2D eigenvalue weighted by Crippen LogP contribution is 2.03. The topological polar surface area (TPSA) is 20.3 Å². The second-order valence-electron chi connectivity index (χ2n) is 3.84. The van der Waals surface area contributed by atoms with Gasteiger partial charge in [0.1, 0.15) is 0 Å². The van der Waals surface area contributed by atoms with Gasteiger partial charge in [0, 0.05) is 13.5 Å². The van der Waals surface area contributed by atoms with E-state index in [1.54, 1.807) is 18.0 Å². The van der Waals surface area contributed by atoms with Crippen molar-refractivity contribution >= 4 is 5.91 Å². The second kappa shape index (κ2) is 8.96. The highest BCUT2D eigenvalue weighted by molar-refractivity contribution is 5.74. The number of hydrogen-bond donors (Lipinski definition) is 0. The van der Waals surface area contributed by atoms with Gasteiger partial charge in [-0.1, -0.05) is 37.3 Å². The molecule has 0 radical (unpaired) electrons. The van der Waals surface area contributed by atoms with Crippen molar-refractivity contribution in [2.45, 2.75) is 40.0 Å². The van der Waals surface area contributed by atoms with Crippen LogP contribution in [-0.2, 0) is 4.79 Å². The van der Waals surface area contributed by atoms with Crippen molar-refractivity contribution in [2.24, 2.45) is 0 Å². The number of allylic oxidation sites excluding steroid dienone is 3. The summed E-state index contributed by atoms with van der Waals surface area (Å²) >= 11 is 0. The Balaban J connectivity index is 3.98. The third kappa shape index (κ3) is 7.04. The Bertz CT molecular complexity index is 276. The third-order valence-electron chi connectivity index (χ3n) is 2.27. The van der Waals surface area contributed by atoms with Gasteiger partial charge in [0.05, 0.1) is 0 Å². The molecular formula is C14H23NO. The molecule has 0 aliphatic rings. The maximum absolute atomic E-state index is 11.1. The zero-order valence-corrected chi connectivity index (χ0v) is 10.7. The quantitative estimate of drug-likeness (QED) is 0.474. The molecule has 16 heavy (non-hydrogen) atoms. The van der Waals surface area contributed by atoms with E-state index in [0.717, 1.165) is 19.3 Å². The maximum atomic E-state index is 11.1. The SMILES string of the molecule is C=CN(CC(C)=CCCC=CCC)C(C)=O. The summed E-state index contributed by atoms with van der Waals surface area (Å²) in [5, 5.41) is 0. The molecule has 0 saturated heterocycles. The van der Waals surface area contributed by atoms with Crippen LogP contribution in [-0.4, -0.2) is 17.4 Å². The average molecular weight is 221 g/mol. The van der Waals surface area contributed by atoms with E-state index in [1.165, 1.54) is 5.57 Å². The third-order valence-corrected chi connectivity index (χ3v) is 2.27.